The molecule has 0 radical (unpaired) electrons. The van der Waals surface area contributed by atoms with Gasteiger partial charge in [0.2, 0.25) is 0 Å². The molecule has 20 heavy (non-hydrogen) atoms. The fourth-order valence-electron chi connectivity index (χ4n) is 1.89. The average Bonchev–Trinajstić information content (AvgIpc) is 3.29. The molecule has 1 fully saturated rings. The lowest BCUT2D eigenvalue weighted by atomic mass is 10.3. The number of aromatic nitrogens is 3. The second-order valence-corrected chi connectivity index (χ2v) is 5.11. The summed E-state index contributed by atoms with van der Waals surface area (Å²) in [5.41, 5.74) is 1.35. The first-order valence-corrected chi connectivity index (χ1v) is 6.89. The molecule has 2 N–H and O–H groups in total. The van der Waals surface area contributed by atoms with Gasteiger partial charge in [-0.15, -0.1) is 0 Å². The minimum atomic E-state index is -0.534. The van der Waals surface area contributed by atoms with Crippen LogP contribution in [0.4, 0.5) is 5.82 Å². The van der Waals surface area contributed by atoms with Crippen LogP contribution < -0.4 is 5.32 Å². The first-order chi connectivity index (χ1) is 9.81. The van der Waals surface area contributed by atoms with E-state index in [2.05, 4.69) is 20.3 Å². The van der Waals surface area contributed by atoms with Gasteiger partial charge in [0.15, 0.2) is 5.65 Å². The maximum atomic E-state index is 9.81. The molecular weight excluding hydrogens is 256 g/mol. The molecule has 2 aromatic rings. The van der Waals surface area contributed by atoms with Gasteiger partial charge in [0.25, 0.3) is 0 Å². The summed E-state index contributed by atoms with van der Waals surface area (Å²) in [5.74, 6) is 1.40. The summed E-state index contributed by atoms with van der Waals surface area (Å²) in [5, 5.41) is 12.9. The highest BCUT2D eigenvalue weighted by Gasteiger charge is 2.21. The molecule has 0 spiro atoms. The van der Waals surface area contributed by atoms with Crippen molar-refractivity contribution in [2.75, 3.05) is 25.1 Å². The van der Waals surface area contributed by atoms with E-state index >= 15 is 0 Å². The maximum Gasteiger partial charge on any atom is 0.180 e. The van der Waals surface area contributed by atoms with Gasteiger partial charge in [0, 0.05) is 25.5 Å². The number of hydrogen-bond donors (Lipinski definition) is 2. The molecular formula is C14H18N4O2. The molecule has 106 valence electrons. The molecule has 6 nitrogen and oxygen atoms in total. The zero-order chi connectivity index (χ0) is 13.8. The number of hydrogen-bond acceptors (Lipinski definition) is 6. The van der Waals surface area contributed by atoms with Gasteiger partial charge >= 0.3 is 0 Å². The van der Waals surface area contributed by atoms with Gasteiger partial charge < -0.3 is 15.2 Å². The number of aliphatic hydroxyl groups excluding tert-OH is 1. The summed E-state index contributed by atoms with van der Waals surface area (Å²) in [6.45, 7) is 1.53. The second-order valence-electron chi connectivity index (χ2n) is 5.11. The molecule has 0 amide bonds. The molecule has 6 heteroatoms. The number of rotatable bonds is 7. The Morgan fingerprint density at radius 2 is 2.15 bits per heavy atom. The van der Waals surface area contributed by atoms with Crippen LogP contribution in [0.3, 0.4) is 0 Å². The van der Waals surface area contributed by atoms with E-state index in [0.717, 1.165) is 18.0 Å². The van der Waals surface area contributed by atoms with Gasteiger partial charge in [-0.2, -0.15) is 0 Å². The summed E-state index contributed by atoms with van der Waals surface area (Å²) < 4.78 is 5.45. The van der Waals surface area contributed by atoms with Crippen LogP contribution in [0, 0.1) is 5.92 Å². The molecule has 2 heterocycles. The largest absolute Gasteiger partial charge is 0.389 e. The smallest absolute Gasteiger partial charge is 0.180 e. The van der Waals surface area contributed by atoms with E-state index in [4.69, 9.17) is 4.74 Å². The molecule has 1 aliphatic carbocycles. The van der Waals surface area contributed by atoms with Crippen molar-refractivity contribution in [1.29, 1.82) is 0 Å². The van der Waals surface area contributed by atoms with Crippen LogP contribution in [0.25, 0.3) is 11.2 Å². The number of anilines is 1. The van der Waals surface area contributed by atoms with E-state index < -0.39 is 6.10 Å². The lowest BCUT2D eigenvalue weighted by Crippen LogP contribution is -2.25. The van der Waals surface area contributed by atoms with Crippen LogP contribution in [0.1, 0.15) is 12.8 Å². The summed E-state index contributed by atoms with van der Waals surface area (Å²) in [4.78, 5) is 12.6. The fourth-order valence-corrected chi connectivity index (χ4v) is 1.89. The Kier molecular flexibility index (Phi) is 4.03. The average molecular weight is 274 g/mol. The van der Waals surface area contributed by atoms with E-state index in [0.29, 0.717) is 24.6 Å². The number of fused-ring (bicyclic) bond motifs is 1. The minimum absolute atomic E-state index is 0.358. The van der Waals surface area contributed by atoms with Crippen LogP contribution in [0.5, 0.6) is 0 Å². The Morgan fingerprint density at radius 3 is 3.00 bits per heavy atom. The first kappa shape index (κ1) is 13.2. The normalized spacial score (nSPS) is 16.2. The van der Waals surface area contributed by atoms with Crippen LogP contribution >= 0.6 is 0 Å². The Labute approximate surface area is 117 Å². The summed E-state index contributed by atoms with van der Waals surface area (Å²) in [6.07, 6.45) is 5.23. The van der Waals surface area contributed by atoms with Crippen molar-refractivity contribution in [3.05, 3.63) is 24.5 Å². The van der Waals surface area contributed by atoms with Crippen molar-refractivity contribution in [3.8, 4) is 0 Å². The van der Waals surface area contributed by atoms with Gasteiger partial charge in [-0.25, -0.2) is 9.97 Å². The van der Waals surface area contributed by atoms with E-state index in [-0.39, 0.29) is 0 Å². The molecule has 3 rings (SSSR count). The van der Waals surface area contributed by atoms with Crippen molar-refractivity contribution >= 4 is 17.0 Å². The predicted octanol–water partition coefficient (Wildman–Crippen LogP) is 1.22. The van der Waals surface area contributed by atoms with Crippen molar-refractivity contribution in [2.24, 2.45) is 5.92 Å². The van der Waals surface area contributed by atoms with Crippen molar-refractivity contribution in [2.45, 2.75) is 18.9 Å². The maximum absolute atomic E-state index is 9.81. The summed E-state index contributed by atoms with van der Waals surface area (Å²) in [6, 6.07) is 3.68. The van der Waals surface area contributed by atoms with Gasteiger partial charge in [0.05, 0.1) is 12.7 Å². The summed E-state index contributed by atoms with van der Waals surface area (Å²) >= 11 is 0. The zero-order valence-electron chi connectivity index (χ0n) is 11.2. The standard InChI is InChI=1S/C14H18N4O2/c19-11(9-20-8-10-1-2-10)7-17-13-4-3-12-14(18-13)16-6-5-15-12/h3-6,10-11,19H,1-2,7-9H2,(H,16,17,18). The highest BCUT2D eigenvalue weighted by molar-refractivity contribution is 5.71. The number of pyridine rings is 1. The van der Waals surface area contributed by atoms with Gasteiger partial charge in [-0.1, -0.05) is 0 Å². The van der Waals surface area contributed by atoms with E-state index in [1.165, 1.54) is 12.8 Å². The Bertz CT molecular complexity index is 574. The first-order valence-electron chi connectivity index (χ1n) is 6.89. The van der Waals surface area contributed by atoms with Crippen molar-refractivity contribution in [3.63, 3.8) is 0 Å². The van der Waals surface area contributed by atoms with Crippen molar-refractivity contribution < 1.29 is 9.84 Å². The Balaban J connectivity index is 1.48. The van der Waals surface area contributed by atoms with Gasteiger partial charge in [-0.05, 0) is 30.9 Å². The number of nitrogens with zero attached hydrogens (tertiary/aromatic N) is 3. The predicted molar refractivity (Wildman–Crippen MR) is 75.4 cm³/mol. The third-order valence-electron chi connectivity index (χ3n) is 3.21. The lowest BCUT2D eigenvalue weighted by Gasteiger charge is -2.12. The van der Waals surface area contributed by atoms with Crippen LogP contribution in [0.2, 0.25) is 0 Å². The molecule has 0 aliphatic heterocycles. The van der Waals surface area contributed by atoms with Gasteiger partial charge in [0.1, 0.15) is 11.3 Å². The molecule has 1 aliphatic rings. The topological polar surface area (TPSA) is 80.2 Å². The quantitative estimate of drug-likeness (QED) is 0.790. The third-order valence-corrected chi connectivity index (χ3v) is 3.21. The SMILES string of the molecule is OC(CNc1ccc2nccnc2n1)COCC1CC1. The molecule has 1 saturated carbocycles. The van der Waals surface area contributed by atoms with Crippen LogP contribution in [-0.4, -0.2) is 45.9 Å². The number of aliphatic hydroxyl groups is 1. The molecule has 0 saturated heterocycles. The molecule has 2 aromatic heterocycles. The fraction of sp³-hybridized carbons (Fsp3) is 0.500. The monoisotopic (exact) mass is 274 g/mol. The second kappa shape index (κ2) is 6.11. The lowest BCUT2D eigenvalue weighted by molar-refractivity contribution is 0.0386. The highest BCUT2D eigenvalue weighted by atomic mass is 16.5. The third kappa shape index (κ3) is 3.61. The Hall–Kier alpha value is -1.79. The molecule has 1 unspecified atom stereocenters. The van der Waals surface area contributed by atoms with Crippen molar-refractivity contribution in [1.82, 2.24) is 15.0 Å². The number of ether oxygens (including phenoxy) is 1. The van der Waals surface area contributed by atoms with E-state index in [1.54, 1.807) is 12.4 Å². The minimum Gasteiger partial charge on any atom is -0.389 e. The highest BCUT2D eigenvalue weighted by Crippen LogP contribution is 2.28. The van der Waals surface area contributed by atoms with Crippen LogP contribution in [-0.2, 0) is 4.74 Å². The summed E-state index contributed by atoms with van der Waals surface area (Å²) in [7, 11) is 0. The zero-order valence-corrected chi connectivity index (χ0v) is 11.2. The molecule has 0 aromatic carbocycles. The Morgan fingerprint density at radius 1 is 1.30 bits per heavy atom. The number of nitrogens with one attached hydrogen (secondary N) is 1. The van der Waals surface area contributed by atoms with Gasteiger partial charge in [-0.3, -0.25) is 4.98 Å². The molecule has 1 atom stereocenters. The van der Waals surface area contributed by atoms with E-state index in [9.17, 15) is 5.11 Å². The van der Waals surface area contributed by atoms with Crippen LogP contribution in [0.15, 0.2) is 24.5 Å². The van der Waals surface area contributed by atoms with E-state index in [1.807, 2.05) is 12.1 Å². The molecule has 0 bridgehead atoms.